The van der Waals surface area contributed by atoms with Gasteiger partial charge in [0.15, 0.2) is 0 Å². The van der Waals surface area contributed by atoms with E-state index >= 15 is 0 Å². The number of nitrogens with two attached hydrogens (primary N) is 1. The molecule has 3 aromatic carbocycles. The molecular formula is C25H23ClN4O3. The molecule has 0 saturated carbocycles. The molecule has 7 nitrogen and oxygen atoms in total. The zero-order valence-electron chi connectivity index (χ0n) is 17.7. The maximum Gasteiger partial charge on any atom is 0.319 e. The van der Waals surface area contributed by atoms with Crippen LogP contribution < -0.4 is 21.3 Å². The summed E-state index contributed by atoms with van der Waals surface area (Å²) in [4.78, 5) is 39.4. The number of fused-ring (bicyclic) bond motifs is 1. The minimum atomic E-state index is -0.888. The fourth-order valence-electron chi connectivity index (χ4n) is 4.13. The monoisotopic (exact) mass is 462 g/mol. The predicted octanol–water partition coefficient (Wildman–Crippen LogP) is 3.88. The Balaban J connectivity index is 1.69. The van der Waals surface area contributed by atoms with Gasteiger partial charge >= 0.3 is 6.03 Å². The average molecular weight is 463 g/mol. The minimum absolute atomic E-state index is 0.180. The largest absolute Gasteiger partial charge is 0.368 e. The number of anilines is 2. The van der Waals surface area contributed by atoms with Gasteiger partial charge in [-0.1, -0.05) is 66.2 Å². The molecule has 4 rings (SSSR count). The molecule has 0 saturated heterocycles. The van der Waals surface area contributed by atoms with Crippen molar-refractivity contribution in [2.75, 3.05) is 16.8 Å². The third kappa shape index (κ3) is 5.15. The van der Waals surface area contributed by atoms with E-state index in [-0.39, 0.29) is 12.5 Å². The van der Waals surface area contributed by atoms with E-state index in [1.807, 2.05) is 48.5 Å². The molecule has 4 N–H and O–H groups in total. The summed E-state index contributed by atoms with van der Waals surface area (Å²) in [5, 5.41) is 5.96. The molecule has 1 heterocycles. The fraction of sp³-hybridized carbons (Fsp3) is 0.160. The molecular weight excluding hydrogens is 440 g/mol. The highest BCUT2D eigenvalue weighted by Crippen LogP contribution is 2.39. The summed E-state index contributed by atoms with van der Waals surface area (Å²) in [5.41, 5.74) is 8.45. The van der Waals surface area contributed by atoms with Gasteiger partial charge in [-0.2, -0.15) is 0 Å². The predicted molar refractivity (Wildman–Crippen MR) is 128 cm³/mol. The van der Waals surface area contributed by atoms with Crippen LogP contribution in [0, 0.1) is 0 Å². The number of halogens is 1. The Labute approximate surface area is 196 Å². The van der Waals surface area contributed by atoms with Crippen molar-refractivity contribution in [1.82, 2.24) is 5.32 Å². The minimum Gasteiger partial charge on any atom is -0.368 e. The van der Waals surface area contributed by atoms with Gasteiger partial charge in [-0.05, 0) is 41.8 Å². The van der Waals surface area contributed by atoms with Gasteiger partial charge in [0, 0.05) is 22.3 Å². The van der Waals surface area contributed by atoms with Crippen molar-refractivity contribution in [3.8, 4) is 0 Å². The number of nitrogens with zero attached hydrogens (tertiary/aromatic N) is 1. The van der Waals surface area contributed by atoms with Crippen molar-refractivity contribution < 1.29 is 14.4 Å². The first kappa shape index (κ1) is 22.4. The molecule has 0 aliphatic carbocycles. The van der Waals surface area contributed by atoms with Crippen LogP contribution in [-0.4, -0.2) is 30.4 Å². The SMILES string of the molecule is NC(=O)CN1C(=O)C(NC(=O)Nc2cccc(Cl)c2)CC(c2ccccc2)c2ccccc21. The van der Waals surface area contributed by atoms with Crippen molar-refractivity contribution in [3.05, 3.63) is 95.0 Å². The zero-order valence-corrected chi connectivity index (χ0v) is 18.5. The second-order valence-corrected chi connectivity index (χ2v) is 8.25. The Kier molecular flexibility index (Phi) is 6.60. The summed E-state index contributed by atoms with van der Waals surface area (Å²) in [6.07, 6.45) is 0.318. The number of benzene rings is 3. The van der Waals surface area contributed by atoms with E-state index < -0.39 is 23.9 Å². The summed E-state index contributed by atoms with van der Waals surface area (Å²) in [7, 11) is 0. The van der Waals surface area contributed by atoms with Crippen molar-refractivity contribution in [2.45, 2.75) is 18.4 Å². The van der Waals surface area contributed by atoms with Gasteiger partial charge in [0.25, 0.3) is 0 Å². The molecule has 0 bridgehead atoms. The van der Waals surface area contributed by atoms with Crippen LogP contribution in [0.2, 0.25) is 5.02 Å². The summed E-state index contributed by atoms with van der Waals surface area (Å²) in [6.45, 7) is -0.286. The topological polar surface area (TPSA) is 105 Å². The fourth-order valence-corrected chi connectivity index (χ4v) is 4.32. The molecule has 3 aromatic rings. The van der Waals surface area contributed by atoms with Crippen LogP contribution in [0.15, 0.2) is 78.9 Å². The Morgan fingerprint density at radius 1 is 1.00 bits per heavy atom. The normalized spacial score (nSPS) is 17.6. The molecule has 2 atom stereocenters. The lowest BCUT2D eigenvalue weighted by Gasteiger charge is -2.25. The molecule has 0 radical (unpaired) electrons. The molecule has 0 spiro atoms. The molecule has 1 aliphatic rings. The first-order valence-corrected chi connectivity index (χ1v) is 10.9. The third-order valence-corrected chi connectivity index (χ3v) is 5.78. The molecule has 1 aliphatic heterocycles. The second-order valence-electron chi connectivity index (χ2n) is 7.81. The van der Waals surface area contributed by atoms with Crippen molar-refractivity contribution >= 4 is 40.8 Å². The van der Waals surface area contributed by atoms with Gasteiger partial charge in [-0.25, -0.2) is 4.79 Å². The maximum atomic E-state index is 13.5. The number of rotatable bonds is 5. The highest BCUT2D eigenvalue weighted by Gasteiger charge is 2.37. The van der Waals surface area contributed by atoms with Crippen LogP contribution in [-0.2, 0) is 9.59 Å². The number of para-hydroxylation sites is 1. The van der Waals surface area contributed by atoms with Crippen LogP contribution in [0.25, 0.3) is 0 Å². The molecule has 2 unspecified atom stereocenters. The molecule has 4 amide bonds. The van der Waals surface area contributed by atoms with Gasteiger partial charge in [0.1, 0.15) is 12.6 Å². The smallest absolute Gasteiger partial charge is 0.319 e. The van der Waals surface area contributed by atoms with E-state index in [4.69, 9.17) is 17.3 Å². The van der Waals surface area contributed by atoms with Crippen molar-refractivity contribution in [2.24, 2.45) is 5.73 Å². The Morgan fingerprint density at radius 2 is 1.73 bits per heavy atom. The van der Waals surface area contributed by atoms with E-state index in [9.17, 15) is 14.4 Å². The van der Waals surface area contributed by atoms with Crippen LogP contribution >= 0.6 is 11.6 Å². The number of urea groups is 1. The first-order chi connectivity index (χ1) is 15.9. The zero-order chi connectivity index (χ0) is 23.4. The Morgan fingerprint density at radius 3 is 2.45 bits per heavy atom. The highest BCUT2D eigenvalue weighted by atomic mass is 35.5. The second kappa shape index (κ2) is 9.75. The lowest BCUT2D eigenvalue weighted by Crippen LogP contribution is -2.51. The first-order valence-electron chi connectivity index (χ1n) is 10.5. The number of carbonyl (C=O) groups excluding carboxylic acids is 3. The van der Waals surface area contributed by atoms with Gasteiger partial charge in [-0.15, -0.1) is 0 Å². The van der Waals surface area contributed by atoms with E-state index in [1.54, 1.807) is 30.3 Å². The Hall–Kier alpha value is -3.84. The number of carbonyl (C=O) groups is 3. The van der Waals surface area contributed by atoms with E-state index in [1.165, 1.54) is 4.90 Å². The summed E-state index contributed by atoms with van der Waals surface area (Å²) in [6, 6.07) is 22.5. The van der Waals surface area contributed by atoms with E-state index in [2.05, 4.69) is 10.6 Å². The van der Waals surface area contributed by atoms with Crippen molar-refractivity contribution in [1.29, 1.82) is 0 Å². The van der Waals surface area contributed by atoms with E-state index in [0.29, 0.717) is 22.8 Å². The van der Waals surface area contributed by atoms with E-state index in [0.717, 1.165) is 11.1 Å². The maximum absolute atomic E-state index is 13.5. The number of primary amides is 1. The lowest BCUT2D eigenvalue weighted by atomic mass is 9.86. The number of nitrogens with one attached hydrogen (secondary N) is 2. The molecule has 0 aromatic heterocycles. The summed E-state index contributed by atoms with van der Waals surface area (Å²) >= 11 is 5.99. The molecule has 8 heteroatoms. The van der Waals surface area contributed by atoms with Crippen LogP contribution in [0.3, 0.4) is 0 Å². The van der Waals surface area contributed by atoms with Gasteiger partial charge < -0.3 is 21.3 Å². The number of amides is 4. The van der Waals surface area contributed by atoms with Gasteiger partial charge in [-0.3, -0.25) is 9.59 Å². The molecule has 0 fully saturated rings. The number of hydrogen-bond donors (Lipinski definition) is 3. The van der Waals surface area contributed by atoms with Gasteiger partial charge in [0.05, 0.1) is 0 Å². The van der Waals surface area contributed by atoms with Gasteiger partial charge in [0.2, 0.25) is 11.8 Å². The molecule has 168 valence electrons. The summed E-state index contributed by atoms with van der Waals surface area (Å²) in [5.74, 6) is -1.22. The standard InChI is InChI=1S/C25H23ClN4O3/c26-17-9-6-10-18(13-17)28-25(33)29-21-14-20(16-7-2-1-3-8-16)19-11-4-5-12-22(19)30(24(21)32)15-23(27)31/h1-13,20-21H,14-15H2,(H2,27,31)(H2,28,29,33). The summed E-state index contributed by atoms with van der Waals surface area (Å²) < 4.78 is 0. The van der Waals surface area contributed by atoms with Crippen molar-refractivity contribution in [3.63, 3.8) is 0 Å². The average Bonchev–Trinajstić information content (AvgIpc) is 2.90. The quantitative estimate of drug-likeness (QED) is 0.535. The Bertz CT molecular complexity index is 1190. The lowest BCUT2D eigenvalue weighted by molar-refractivity contribution is -0.123. The number of hydrogen-bond acceptors (Lipinski definition) is 3. The third-order valence-electron chi connectivity index (χ3n) is 5.54. The van der Waals surface area contributed by atoms with Crippen LogP contribution in [0.4, 0.5) is 16.2 Å². The van der Waals surface area contributed by atoms with Crippen LogP contribution in [0.5, 0.6) is 0 Å². The van der Waals surface area contributed by atoms with Crippen LogP contribution in [0.1, 0.15) is 23.5 Å². The highest BCUT2D eigenvalue weighted by molar-refractivity contribution is 6.30. The molecule has 33 heavy (non-hydrogen) atoms.